The topological polar surface area (TPSA) is 75.6 Å². The molecule has 0 aliphatic heterocycles. The minimum atomic E-state index is -1.14. The van der Waals surface area contributed by atoms with Crippen LogP contribution in [0.15, 0.2) is 12.1 Å². The quantitative estimate of drug-likeness (QED) is 0.846. The number of hydrogen-bond acceptors (Lipinski definition) is 3. The van der Waals surface area contributed by atoms with Crippen molar-refractivity contribution in [1.29, 1.82) is 0 Å². The van der Waals surface area contributed by atoms with Gasteiger partial charge in [-0.2, -0.15) is 0 Å². The minimum Gasteiger partial charge on any atom is -0.491 e. The van der Waals surface area contributed by atoms with E-state index in [9.17, 15) is 9.59 Å². The lowest BCUT2D eigenvalue weighted by Crippen LogP contribution is -2.43. The summed E-state index contributed by atoms with van der Waals surface area (Å²) in [6.45, 7) is 6.96. The number of aryl methyl sites for hydroxylation is 1. The van der Waals surface area contributed by atoms with Crippen LogP contribution in [0.1, 0.15) is 37.8 Å². The molecule has 1 aromatic rings. The molecule has 1 rings (SSSR count). The van der Waals surface area contributed by atoms with Crippen LogP contribution in [0.5, 0.6) is 5.75 Å². The molecule has 1 amide bonds. The second-order valence-electron chi connectivity index (χ2n) is 5.20. The van der Waals surface area contributed by atoms with Crippen LogP contribution in [0.2, 0.25) is 5.02 Å². The Balaban J connectivity index is 2.93. The fraction of sp³-hybridized carbons (Fsp3) is 0.467. The van der Waals surface area contributed by atoms with Crippen LogP contribution in [0.4, 0.5) is 0 Å². The molecule has 5 nitrogen and oxygen atoms in total. The fourth-order valence-electron chi connectivity index (χ4n) is 1.84. The Morgan fingerprint density at radius 3 is 2.48 bits per heavy atom. The highest BCUT2D eigenvalue weighted by molar-refractivity contribution is 6.31. The first-order valence-electron chi connectivity index (χ1n) is 6.65. The van der Waals surface area contributed by atoms with Gasteiger partial charge in [0.05, 0.1) is 0 Å². The van der Waals surface area contributed by atoms with E-state index in [4.69, 9.17) is 21.4 Å². The standard InChI is InChI=1S/C15H20ClNO4/c1-8(2)11-6-12(16)9(3)5-14(11)21-7-13(15(19)20)17-10(4)18/h5-6,8,13H,7H2,1-4H3,(H,17,18)(H,19,20). The van der Waals surface area contributed by atoms with E-state index in [0.717, 1.165) is 11.1 Å². The number of hydrogen-bond donors (Lipinski definition) is 2. The number of benzene rings is 1. The molecule has 0 fully saturated rings. The van der Waals surface area contributed by atoms with E-state index in [1.54, 1.807) is 6.07 Å². The molecule has 21 heavy (non-hydrogen) atoms. The zero-order valence-corrected chi connectivity index (χ0v) is 13.3. The molecule has 0 saturated heterocycles. The molecule has 0 saturated carbocycles. The predicted molar refractivity (Wildman–Crippen MR) is 81.0 cm³/mol. The fourth-order valence-corrected chi connectivity index (χ4v) is 2.01. The van der Waals surface area contributed by atoms with Crippen molar-refractivity contribution in [3.05, 3.63) is 28.3 Å². The third-order valence-corrected chi connectivity index (χ3v) is 3.40. The lowest BCUT2D eigenvalue weighted by molar-refractivity contribution is -0.142. The van der Waals surface area contributed by atoms with Crippen molar-refractivity contribution in [2.24, 2.45) is 0 Å². The summed E-state index contributed by atoms with van der Waals surface area (Å²) in [7, 11) is 0. The van der Waals surface area contributed by atoms with Gasteiger partial charge in [0, 0.05) is 11.9 Å². The second kappa shape index (κ2) is 7.31. The van der Waals surface area contributed by atoms with Gasteiger partial charge in [0.2, 0.25) is 5.91 Å². The van der Waals surface area contributed by atoms with Crippen molar-refractivity contribution in [3.63, 3.8) is 0 Å². The van der Waals surface area contributed by atoms with Gasteiger partial charge in [-0.3, -0.25) is 4.79 Å². The summed E-state index contributed by atoms with van der Waals surface area (Å²) in [4.78, 5) is 22.1. The maximum atomic E-state index is 11.1. The van der Waals surface area contributed by atoms with E-state index in [1.165, 1.54) is 6.92 Å². The molecule has 0 heterocycles. The molecular formula is C15H20ClNO4. The van der Waals surface area contributed by atoms with E-state index < -0.39 is 17.9 Å². The molecule has 2 N–H and O–H groups in total. The van der Waals surface area contributed by atoms with E-state index in [0.29, 0.717) is 10.8 Å². The molecule has 0 aliphatic carbocycles. The molecular weight excluding hydrogens is 294 g/mol. The summed E-state index contributed by atoms with van der Waals surface area (Å²) in [5.41, 5.74) is 1.75. The Labute approximate surface area is 129 Å². The molecule has 0 aliphatic rings. The summed E-state index contributed by atoms with van der Waals surface area (Å²) in [5, 5.41) is 12.0. The number of amides is 1. The van der Waals surface area contributed by atoms with Crippen molar-refractivity contribution in [2.75, 3.05) is 6.61 Å². The zero-order valence-electron chi connectivity index (χ0n) is 12.6. The first-order valence-corrected chi connectivity index (χ1v) is 7.03. The monoisotopic (exact) mass is 313 g/mol. The van der Waals surface area contributed by atoms with E-state index in [1.807, 2.05) is 26.8 Å². The van der Waals surface area contributed by atoms with Gasteiger partial charge < -0.3 is 15.2 Å². The van der Waals surface area contributed by atoms with Crippen LogP contribution in [0.3, 0.4) is 0 Å². The number of aliphatic carboxylic acids is 1. The molecule has 1 unspecified atom stereocenters. The number of ether oxygens (including phenoxy) is 1. The molecule has 0 aromatic heterocycles. The van der Waals surface area contributed by atoms with E-state index in [2.05, 4.69) is 5.32 Å². The number of carboxylic acid groups (broad SMARTS) is 1. The maximum absolute atomic E-state index is 11.1. The van der Waals surface area contributed by atoms with Crippen molar-refractivity contribution in [3.8, 4) is 5.75 Å². The highest BCUT2D eigenvalue weighted by Gasteiger charge is 2.20. The average Bonchev–Trinajstić information content (AvgIpc) is 2.36. The SMILES string of the molecule is CC(=O)NC(COc1cc(C)c(Cl)cc1C(C)C)C(=O)O. The number of halogens is 1. The van der Waals surface area contributed by atoms with Crippen molar-refractivity contribution in [2.45, 2.75) is 39.7 Å². The number of rotatable bonds is 6. The van der Waals surface area contributed by atoms with Crippen LogP contribution in [0, 0.1) is 6.92 Å². The lowest BCUT2D eigenvalue weighted by atomic mass is 10.0. The molecule has 116 valence electrons. The van der Waals surface area contributed by atoms with Gasteiger partial charge >= 0.3 is 5.97 Å². The third-order valence-electron chi connectivity index (χ3n) is 2.99. The normalized spacial score (nSPS) is 12.1. The van der Waals surface area contributed by atoms with Gasteiger partial charge in [-0.25, -0.2) is 4.79 Å². The van der Waals surface area contributed by atoms with Gasteiger partial charge in [0.15, 0.2) is 6.04 Å². The Morgan fingerprint density at radius 1 is 1.38 bits per heavy atom. The van der Waals surface area contributed by atoms with E-state index >= 15 is 0 Å². The summed E-state index contributed by atoms with van der Waals surface area (Å²) >= 11 is 6.11. The Hall–Kier alpha value is -1.75. The van der Waals surface area contributed by atoms with E-state index in [-0.39, 0.29) is 12.5 Å². The Kier molecular flexibility index (Phi) is 6.03. The van der Waals surface area contributed by atoms with Crippen molar-refractivity contribution >= 4 is 23.5 Å². The molecule has 0 spiro atoms. The summed E-state index contributed by atoms with van der Waals surface area (Å²) < 4.78 is 5.60. The van der Waals surface area contributed by atoms with Gasteiger partial charge in [-0.15, -0.1) is 0 Å². The van der Waals surface area contributed by atoms with Crippen LogP contribution in [-0.4, -0.2) is 29.6 Å². The first kappa shape index (κ1) is 17.3. The molecule has 0 radical (unpaired) electrons. The second-order valence-corrected chi connectivity index (χ2v) is 5.60. The smallest absolute Gasteiger partial charge is 0.329 e. The number of nitrogens with one attached hydrogen (secondary N) is 1. The zero-order chi connectivity index (χ0) is 16.2. The van der Waals surface area contributed by atoms with Gasteiger partial charge in [0.1, 0.15) is 12.4 Å². The predicted octanol–water partition coefficient (Wildman–Crippen LogP) is 2.74. The average molecular weight is 314 g/mol. The Morgan fingerprint density at radius 2 is 2.00 bits per heavy atom. The molecule has 1 atom stereocenters. The number of carbonyl (C=O) groups excluding carboxylic acids is 1. The van der Waals surface area contributed by atoms with Crippen LogP contribution >= 0.6 is 11.6 Å². The summed E-state index contributed by atoms with van der Waals surface area (Å²) in [6, 6.07) is 2.52. The number of carbonyl (C=O) groups is 2. The molecule has 0 bridgehead atoms. The maximum Gasteiger partial charge on any atom is 0.329 e. The highest BCUT2D eigenvalue weighted by Crippen LogP contribution is 2.32. The number of carboxylic acids is 1. The minimum absolute atomic E-state index is 0.143. The first-order chi connectivity index (χ1) is 9.72. The third kappa shape index (κ3) is 4.93. The summed E-state index contributed by atoms with van der Waals surface area (Å²) in [5.74, 6) is -0.782. The van der Waals surface area contributed by atoms with Crippen LogP contribution in [0.25, 0.3) is 0 Å². The van der Waals surface area contributed by atoms with Crippen molar-refractivity contribution in [1.82, 2.24) is 5.32 Å². The van der Waals surface area contributed by atoms with Gasteiger partial charge in [0.25, 0.3) is 0 Å². The van der Waals surface area contributed by atoms with Gasteiger partial charge in [-0.1, -0.05) is 25.4 Å². The van der Waals surface area contributed by atoms with Gasteiger partial charge in [-0.05, 0) is 36.1 Å². The summed E-state index contributed by atoms with van der Waals surface area (Å²) in [6.07, 6.45) is 0. The highest BCUT2D eigenvalue weighted by atomic mass is 35.5. The largest absolute Gasteiger partial charge is 0.491 e. The van der Waals surface area contributed by atoms with Crippen LogP contribution < -0.4 is 10.1 Å². The molecule has 1 aromatic carbocycles. The lowest BCUT2D eigenvalue weighted by Gasteiger charge is -2.19. The Bertz CT molecular complexity index is 543. The molecule has 6 heteroatoms. The van der Waals surface area contributed by atoms with Crippen molar-refractivity contribution < 1.29 is 19.4 Å². The van der Waals surface area contributed by atoms with Crippen LogP contribution in [-0.2, 0) is 9.59 Å².